The van der Waals surface area contributed by atoms with Crippen LogP contribution in [0.25, 0.3) is 111 Å². The van der Waals surface area contributed by atoms with E-state index >= 15 is 0 Å². The van der Waals surface area contributed by atoms with Gasteiger partial charge in [0, 0.05) is 72.2 Å². The second-order valence-electron chi connectivity index (χ2n) is 40.8. The van der Waals surface area contributed by atoms with Crippen molar-refractivity contribution in [3.63, 3.8) is 0 Å². The smallest absolute Gasteiger partial charge is 0.252 e. The molecule has 0 amide bonds. The van der Waals surface area contributed by atoms with E-state index in [0.29, 0.717) is 33.4 Å². The zero-order valence-electron chi connectivity index (χ0n) is 104. The first-order valence-corrected chi connectivity index (χ1v) is 41.6. The lowest BCUT2D eigenvalue weighted by Crippen LogP contribution is -2.61. The van der Waals surface area contributed by atoms with E-state index in [4.69, 9.17) is 1.37 Å². The van der Waals surface area contributed by atoms with Crippen LogP contribution in [-0.4, -0.2) is 15.8 Å². The number of rotatable bonds is 9. The molecule has 16 aromatic rings. The van der Waals surface area contributed by atoms with Gasteiger partial charge in [-0.15, -0.1) is 0 Å². The number of para-hydroxylation sites is 4. The second kappa shape index (κ2) is 28.5. The lowest BCUT2D eigenvalue weighted by Gasteiger charge is -2.46. The third-order valence-electron chi connectivity index (χ3n) is 23.7. The molecule has 0 bridgehead atoms. The summed E-state index contributed by atoms with van der Waals surface area (Å²) in [6, 6.07) is 11.9. The van der Waals surface area contributed by atoms with Gasteiger partial charge in [-0.25, -0.2) is 0 Å². The minimum Gasteiger partial charge on any atom is -0.310 e. The zero-order chi connectivity index (χ0) is 112. The minimum absolute atomic E-state index is 0.00445. The van der Waals surface area contributed by atoms with Gasteiger partial charge in [0.15, 0.2) is 0 Å². The summed E-state index contributed by atoms with van der Waals surface area (Å²) in [4.78, 5) is 3.61. The first-order chi connectivity index (χ1) is 69.6. The van der Waals surface area contributed by atoms with E-state index in [9.17, 15) is 39.8 Å². The lowest BCUT2D eigenvalue weighted by atomic mass is 9.33. The summed E-state index contributed by atoms with van der Waals surface area (Å²) in [7, 11) is 0. The van der Waals surface area contributed by atoms with Crippen molar-refractivity contribution in [2.75, 3.05) is 9.80 Å². The first kappa shape index (κ1) is 52.5. The summed E-state index contributed by atoms with van der Waals surface area (Å²) in [5.41, 5.74) is -4.84. The maximum Gasteiger partial charge on any atom is 0.252 e. The molecule has 0 spiro atoms. The van der Waals surface area contributed by atoms with Crippen molar-refractivity contribution in [1.82, 2.24) is 9.13 Å². The SMILES string of the molecule is [2H]c1c([2H])c([2H])c(-c2ccc3c(c2)N(c2c(-c4cc(C(C)(C)C)cc(C(C)(C)C)c4)cc(C(C)(C)C)cc2-c2ccccc2C(C)(C)C)c2cc(-n4c5c([2H])c([2H])c([2H])c([2H])c5c5c([2H])c([2H])c([2H])c([2H])c54)cc4c2B3c2ccc(-n3c5c([2H])c([2H])c([2H])c([2H])c5c5c([2H])c([2H])c([2H])c([2H])c53)cc2N4c2c(-c3c([2H])c([2H])c(C(C)(C)C)c([2H])c3[2H])c([2H])c(C(C)(C)C)c([2H])c2-c2c([2H])c(C(C)(C)C)c([2H])c([2H])c2C(C)(C)C)c([2H])c1[2H]. The van der Waals surface area contributed by atoms with Gasteiger partial charge in [-0.2, -0.15) is 0 Å². The maximum absolute atomic E-state index is 11.9. The quantitative estimate of drug-likeness (QED) is 0.134. The summed E-state index contributed by atoms with van der Waals surface area (Å²) in [5.74, 6) is 0. The van der Waals surface area contributed by atoms with Crippen molar-refractivity contribution in [3.05, 3.63) is 329 Å². The fourth-order valence-electron chi connectivity index (χ4n) is 17.2. The van der Waals surface area contributed by atoms with Gasteiger partial charge in [0.25, 0.3) is 6.71 Å². The molecule has 0 N–H and O–H groups in total. The third-order valence-corrected chi connectivity index (χ3v) is 23.7. The van der Waals surface area contributed by atoms with E-state index < -0.39 is 253 Å². The Morgan fingerprint density at radius 1 is 0.248 bits per heavy atom. The van der Waals surface area contributed by atoms with Crippen LogP contribution < -0.4 is 26.2 Å². The topological polar surface area (TPSA) is 16.3 Å². The number of hydrogen-bond donors (Lipinski definition) is 0. The lowest BCUT2D eigenvalue weighted by molar-refractivity contribution is 0.569. The normalized spacial score (nSPS) is 17.0. The highest BCUT2D eigenvalue weighted by Gasteiger charge is 2.47. The van der Waals surface area contributed by atoms with Crippen LogP contribution in [-0.2, 0) is 43.3 Å². The number of aromatic nitrogens is 2. The Morgan fingerprint density at radius 3 is 1.17 bits per heavy atom. The van der Waals surface area contributed by atoms with Gasteiger partial charge in [-0.3, -0.25) is 0 Å². The van der Waals surface area contributed by atoms with Gasteiger partial charge in [0.1, 0.15) is 0 Å². The Labute approximate surface area is 763 Å². The van der Waals surface area contributed by atoms with Crippen molar-refractivity contribution in [2.45, 2.75) is 209 Å². The third kappa shape index (κ3) is 14.0. The number of hydrogen-bond acceptors (Lipinski definition) is 2. The second-order valence-corrected chi connectivity index (χ2v) is 40.8. The molecule has 0 fully saturated rings. The standard InChI is InChI=1S/C116H119BN4/c1-109(2,3)76-53-50-73(51-54-76)89-65-80(113(13,14)15)68-93(91-64-77(110(4,5)6)55-57-95(91)116(22,23)24)107(89)121-103-69-82(118-98-46-34-29-41-85(98)86-42-30-35-47-99(86)118)56-59-97(103)117-96-58-52-74(72-38-26-25-27-39-72)62-102(96)120(104-70-83(71-105(121)106(104)117)119-100-48-36-31-43-87(100)88-44-32-37-49-101(88)119)108-90(75-60-78(111(7,8)9)63-79(61-75)112(10,11)12)66-81(114(16,17)18)67-92(108)84-40-28-33-45-94(84)115(19,20)21/h25-71H,1-24H3/i25D,26D,27D,29D,30D,31D,32D,34D,35D,36D,37D,38D,39D,41D,42D,43D,44D,46D,47D,48D,49D,50D,51D,53D,54D,55D,57D,64D,65D,68D. The van der Waals surface area contributed by atoms with E-state index in [1.807, 2.05) is 29.2 Å². The number of fused-ring (bicyclic) bond motifs is 10. The van der Waals surface area contributed by atoms with Crippen molar-refractivity contribution in [2.24, 2.45) is 0 Å². The molecule has 0 aliphatic carbocycles. The Hall–Kier alpha value is -11.7. The van der Waals surface area contributed by atoms with Gasteiger partial charge in [-0.1, -0.05) is 372 Å². The van der Waals surface area contributed by atoms with Crippen molar-refractivity contribution >= 4 is 101 Å². The van der Waals surface area contributed by atoms with Crippen LogP contribution in [0.5, 0.6) is 0 Å². The molecule has 5 heteroatoms. The largest absolute Gasteiger partial charge is 0.310 e. The van der Waals surface area contributed by atoms with Gasteiger partial charge < -0.3 is 18.9 Å². The minimum atomic E-state index is -1.41. The Bertz CT molecular complexity index is 8530. The maximum atomic E-state index is 11.9. The molecule has 14 aromatic carbocycles. The van der Waals surface area contributed by atoms with E-state index in [-0.39, 0.29) is 128 Å². The monoisotopic (exact) mass is 1610 g/mol. The van der Waals surface area contributed by atoms with Crippen molar-refractivity contribution < 1.29 is 41.1 Å². The fraction of sp³-hybridized carbons (Fsp3) is 0.276. The van der Waals surface area contributed by atoms with Crippen LogP contribution in [0.1, 0.15) is 252 Å². The summed E-state index contributed by atoms with van der Waals surface area (Å²) in [6.07, 6.45) is 0. The molecule has 606 valence electrons. The molecule has 0 atom stereocenters. The molecule has 0 saturated carbocycles. The van der Waals surface area contributed by atoms with Crippen molar-refractivity contribution in [1.29, 1.82) is 0 Å². The summed E-state index contributed by atoms with van der Waals surface area (Å²) < 4.78 is 309. The van der Waals surface area contributed by atoms with Crippen LogP contribution in [0.4, 0.5) is 34.1 Å². The summed E-state index contributed by atoms with van der Waals surface area (Å²) >= 11 is 0. The molecule has 2 aliphatic rings. The molecule has 2 aliphatic heterocycles. The predicted molar refractivity (Wildman–Crippen MR) is 526 cm³/mol. The average molecular weight is 1610 g/mol. The first-order valence-electron chi connectivity index (χ1n) is 56.6. The van der Waals surface area contributed by atoms with Gasteiger partial charge in [-0.05, 0) is 216 Å². The molecule has 2 aromatic heterocycles. The molecule has 0 radical (unpaired) electrons. The summed E-state index contributed by atoms with van der Waals surface area (Å²) in [6.45, 7) is 44.9. The van der Waals surface area contributed by atoms with Crippen LogP contribution in [0.3, 0.4) is 0 Å². The Kier molecular flexibility index (Phi) is 12.4. The van der Waals surface area contributed by atoms with Crippen LogP contribution in [0.15, 0.2) is 284 Å². The van der Waals surface area contributed by atoms with E-state index in [2.05, 4.69) is 113 Å². The molecule has 0 unspecified atom stereocenters. The van der Waals surface area contributed by atoms with Gasteiger partial charge in [0.05, 0.1) is 80.3 Å². The van der Waals surface area contributed by atoms with Crippen molar-refractivity contribution in [3.8, 4) is 67.0 Å². The highest BCUT2D eigenvalue weighted by atomic mass is 15.2. The highest BCUT2D eigenvalue weighted by molar-refractivity contribution is 7.00. The molecular formula is C116H119BN4. The molecule has 18 rings (SSSR count). The fourth-order valence-corrected chi connectivity index (χ4v) is 17.2. The molecular weight excluding hydrogens is 1460 g/mol. The van der Waals surface area contributed by atoms with E-state index in [1.165, 1.54) is 9.13 Å². The number of anilines is 6. The molecule has 121 heavy (non-hydrogen) atoms. The molecule has 0 saturated heterocycles. The highest BCUT2D eigenvalue weighted by Crippen LogP contribution is 2.58. The zero-order valence-corrected chi connectivity index (χ0v) is 73.7. The predicted octanol–water partition coefficient (Wildman–Crippen LogP) is 30.7. The van der Waals surface area contributed by atoms with Crippen LogP contribution in [0, 0.1) is 0 Å². The molecule has 4 heterocycles. The average Bonchev–Trinajstić information content (AvgIpc) is 1.53. The van der Waals surface area contributed by atoms with Gasteiger partial charge >= 0.3 is 0 Å². The summed E-state index contributed by atoms with van der Waals surface area (Å²) in [5, 5.41) is -1.41. The van der Waals surface area contributed by atoms with Gasteiger partial charge in [0.2, 0.25) is 0 Å². The Balaban J connectivity index is 1.24. The number of benzene rings is 14. The van der Waals surface area contributed by atoms with Crippen LogP contribution >= 0.6 is 0 Å². The van der Waals surface area contributed by atoms with Crippen LogP contribution in [0.2, 0.25) is 0 Å². The number of nitrogens with zero attached hydrogens (tertiary/aromatic N) is 4. The molecule has 4 nitrogen and oxygen atoms in total. The van der Waals surface area contributed by atoms with E-state index in [1.54, 1.807) is 137 Å². The van der Waals surface area contributed by atoms with E-state index in [0.717, 1.165) is 22.3 Å². The Morgan fingerprint density at radius 2 is 0.661 bits per heavy atom.